The fourth-order valence-electron chi connectivity index (χ4n) is 1.69. The van der Waals surface area contributed by atoms with Crippen molar-refractivity contribution in [3.8, 4) is 5.69 Å². The van der Waals surface area contributed by atoms with Gasteiger partial charge in [0, 0.05) is 16.6 Å². The van der Waals surface area contributed by atoms with E-state index in [4.69, 9.17) is 0 Å². The molecule has 1 aromatic carbocycles. The van der Waals surface area contributed by atoms with Crippen LogP contribution in [0.5, 0.6) is 0 Å². The van der Waals surface area contributed by atoms with Crippen molar-refractivity contribution in [1.82, 2.24) is 19.7 Å². The van der Waals surface area contributed by atoms with Crippen molar-refractivity contribution >= 4 is 22.4 Å². The SMILES string of the molecule is Cc1cnc(NC(=O)c2ccc(-n3cncn3)cc2)s1. The minimum absolute atomic E-state index is 0.176. The van der Waals surface area contributed by atoms with Gasteiger partial charge in [-0.1, -0.05) is 0 Å². The molecule has 3 rings (SSSR count). The average Bonchev–Trinajstić information content (AvgIpc) is 3.11. The first-order chi connectivity index (χ1) is 9.72. The molecule has 0 bridgehead atoms. The molecule has 20 heavy (non-hydrogen) atoms. The van der Waals surface area contributed by atoms with Gasteiger partial charge in [-0.2, -0.15) is 5.10 Å². The number of amides is 1. The Morgan fingerprint density at radius 1 is 1.30 bits per heavy atom. The molecule has 0 aliphatic heterocycles. The van der Waals surface area contributed by atoms with Crippen LogP contribution < -0.4 is 5.32 Å². The molecule has 0 atom stereocenters. The van der Waals surface area contributed by atoms with Gasteiger partial charge in [0.25, 0.3) is 5.91 Å². The van der Waals surface area contributed by atoms with Crippen LogP contribution in [0.15, 0.2) is 43.1 Å². The molecule has 6 nitrogen and oxygen atoms in total. The second kappa shape index (κ2) is 5.22. The molecule has 2 aromatic heterocycles. The summed E-state index contributed by atoms with van der Waals surface area (Å²) in [6.45, 7) is 1.94. The predicted octanol–water partition coefficient (Wildman–Crippen LogP) is 2.28. The van der Waals surface area contributed by atoms with Crippen LogP contribution in [0.2, 0.25) is 0 Å². The fourth-order valence-corrected chi connectivity index (χ4v) is 2.35. The minimum atomic E-state index is -0.176. The maximum absolute atomic E-state index is 12.0. The number of carbonyl (C=O) groups excluding carboxylic acids is 1. The number of hydrogen-bond acceptors (Lipinski definition) is 5. The van der Waals surface area contributed by atoms with Gasteiger partial charge >= 0.3 is 0 Å². The lowest BCUT2D eigenvalue weighted by Gasteiger charge is -2.03. The van der Waals surface area contributed by atoms with Gasteiger partial charge in [-0.05, 0) is 31.2 Å². The topological polar surface area (TPSA) is 72.7 Å². The van der Waals surface area contributed by atoms with Gasteiger partial charge in [0.2, 0.25) is 0 Å². The smallest absolute Gasteiger partial charge is 0.257 e. The third kappa shape index (κ3) is 2.57. The number of nitrogens with one attached hydrogen (secondary N) is 1. The van der Waals surface area contributed by atoms with Gasteiger partial charge in [0.1, 0.15) is 12.7 Å². The zero-order valence-corrected chi connectivity index (χ0v) is 11.5. The van der Waals surface area contributed by atoms with E-state index in [1.54, 1.807) is 29.3 Å². The van der Waals surface area contributed by atoms with Crippen LogP contribution in [0.25, 0.3) is 5.69 Å². The lowest BCUT2D eigenvalue weighted by atomic mass is 10.2. The number of carbonyl (C=O) groups is 1. The molecule has 3 aromatic rings. The Hall–Kier alpha value is -2.54. The molecule has 1 amide bonds. The van der Waals surface area contributed by atoms with Gasteiger partial charge in [-0.3, -0.25) is 10.1 Å². The number of aryl methyl sites for hydroxylation is 1. The van der Waals surface area contributed by atoms with Crippen LogP contribution in [0.1, 0.15) is 15.2 Å². The standard InChI is InChI=1S/C13H11N5OS/c1-9-6-15-13(20-9)17-12(19)10-2-4-11(5-3-10)18-8-14-7-16-18/h2-8H,1H3,(H,15,17,19). The quantitative estimate of drug-likeness (QED) is 0.801. The number of nitrogens with zero attached hydrogens (tertiary/aromatic N) is 4. The zero-order chi connectivity index (χ0) is 13.9. The average molecular weight is 285 g/mol. The Balaban J connectivity index is 1.75. The van der Waals surface area contributed by atoms with E-state index in [1.165, 1.54) is 17.7 Å². The van der Waals surface area contributed by atoms with E-state index in [9.17, 15) is 4.79 Å². The second-order valence-electron chi connectivity index (χ2n) is 4.12. The summed E-state index contributed by atoms with van der Waals surface area (Å²) in [4.78, 5) is 21.1. The number of thiazole rings is 1. The fraction of sp³-hybridized carbons (Fsp3) is 0.0769. The molecular formula is C13H11N5OS. The van der Waals surface area contributed by atoms with Crippen molar-refractivity contribution in [2.75, 3.05) is 5.32 Å². The Labute approximate surface area is 119 Å². The Morgan fingerprint density at radius 2 is 2.10 bits per heavy atom. The zero-order valence-electron chi connectivity index (χ0n) is 10.6. The summed E-state index contributed by atoms with van der Waals surface area (Å²) in [6.07, 6.45) is 4.80. The van der Waals surface area contributed by atoms with E-state index in [0.717, 1.165) is 10.6 Å². The number of hydrogen-bond donors (Lipinski definition) is 1. The van der Waals surface area contributed by atoms with Gasteiger partial charge in [-0.15, -0.1) is 11.3 Å². The number of anilines is 1. The highest BCUT2D eigenvalue weighted by Gasteiger charge is 2.08. The van der Waals surface area contributed by atoms with Gasteiger partial charge in [0.15, 0.2) is 5.13 Å². The van der Waals surface area contributed by atoms with E-state index >= 15 is 0 Å². The molecule has 100 valence electrons. The normalized spacial score (nSPS) is 10.4. The van der Waals surface area contributed by atoms with Crippen molar-refractivity contribution in [2.24, 2.45) is 0 Å². The summed E-state index contributed by atoms with van der Waals surface area (Å²) in [5.74, 6) is -0.176. The molecule has 0 aliphatic rings. The molecule has 2 heterocycles. The number of aromatic nitrogens is 4. The first-order valence-electron chi connectivity index (χ1n) is 5.91. The van der Waals surface area contributed by atoms with E-state index in [2.05, 4.69) is 20.4 Å². The summed E-state index contributed by atoms with van der Waals surface area (Å²) in [6, 6.07) is 7.12. The van der Waals surface area contributed by atoms with E-state index in [0.29, 0.717) is 10.7 Å². The molecule has 7 heteroatoms. The maximum Gasteiger partial charge on any atom is 0.257 e. The highest BCUT2D eigenvalue weighted by atomic mass is 32.1. The molecule has 0 saturated carbocycles. The molecule has 1 N–H and O–H groups in total. The summed E-state index contributed by atoms with van der Waals surface area (Å²) in [5, 5.41) is 7.40. The predicted molar refractivity (Wildman–Crippen MR) is 76.2 cm³/mol. The monoisotopic (exact) mass is 285 g/mol. The minimum Gasteiger partial charge on any atom is -0.298 e. The Bertz CT molecular complexity index is 718. The van der Waals surface area contributed by atoms with Crippen LogP contribution in [0, 0.1) is 6.92 Å². The molecule has 0 unspecified atom stereocenters. The Morgan fingerprint density at radius 3 is 2.70 bits per heavy atom. The van der Waals surface area contributed by atoms with Gasteiger partial charge in [-0.25, -0.2) is 14.6 Å². The molecule has 0 spiro atoms. The maximum atomic E-state index is 12.0. The van der Waals surface area contributed by atoms with Crippen LogP contribution in [-0.4, -0.2) is 25.7 Å². The van der Waals surface area contributed by atoms with Crippen LogP contribution in [0.4, 0.5) is 5.13 Å². The summed E-state index contributed by atoms with van der Waals surface area (Å²) >= 11 is 1.45. The number of rotatable bonds is 3. The van der Waals surface area contributed by atoms with Crippen molar-refractivity contribution < 1.29 is 4.79 Å². The summed E-state index contributed by atoms with van der Waals surface area (Å²) in [5.41, 5.74) is 1.42. The van der Waals surface area contributed by atoms with E-state index in [-0.39, 0.29) is 5.91 Å². The summed E-state index contributed by atoms with van der Waals surface area (Å²) < 4.78 is 1.63. The third-order valence-corrected chi connectivity index (χ3v) is 3.48. The first-order valence-corrected chi connectivity index (χ1v) is 6.73. The lowest BCUT2D eigenvalue weighted by molar-refractivity contribution is 0.102. The van der Waals surface area contributed by atoms with Crippen molar-refractivity contribution in [1.29, 1.82) is 0 Å². The van der Waals surface area contributed by atoms with Crippen molar-refractivity contribution in [3.05, 3.63) is 53.6 Å². The summed E-state index contributed by atoms with van der Waals surface area (Å²) in [7, 11) is 0. The van der Waals surface area contributed by atoms with Gasteiger partial charge in [0.05, 0.1) is 5.69 Å². The highest BCUT2D eigenvalue weighted by Crippen LogP contribution is 2.17. The molecule has 0 aliphatic carbocycles. The molecule has 0 saturated heterocycles. The van der Waals surface area contributed by atoms with E-state index < -0.39 is 0 Å². The molecular weight excluding hydrogens is 274 g/mol. The third-order valence-electron chi connectivity index (χ3n) is 2.65. The number of benzene rings is 1. The van der Waals surface area contributed by atoms with Crippen LogP contribution in [-0.2, 0) is 0 Å². The molecule has 0 radical (unpaired) electrons. The highest BCUT2D eigenvalue weighted by molar-refractivity contribution is 7.15. The first kappa shape index (κ1) is 12.5. The van der Waals surface area contributed by atoms with Crippen LogP contribution >= 0.6 is 11.3 Å². The largest absolute Gasteiger partial charge is 0.298 e. The van der Waals surface area contributed by atoms with Crippen molar-refractivity contribution in [2.45, 2.75) is 6.92 Å². The van der Waals surface area contributed by atoms with Gasteiger partial charge < -0.3 is 0 Å². The molecule has 0 fully saturated rings. The van der Waals surface area contributed by atoms with Crippen molar-refractivity contribution in [3.63, 3.8) is 0 Å². The second-order valence-corrected chi connectivity index (χ2v) is 5.35. The van der Waals surface area contributed by atoms with Crippen LogP contribution in [0.3, 0.4) is 0 Å². The lowest BCUT2D eigenvalue weighted by Crippen LogP contribution is -2.11. The van der Waals surface area contributed by atoms with E-state index in [1.807, 2.05) is 19.1 Å². The Kier molecular flexibility index (Phi) is 3.26.